The lowest BCUT2D eigenvalue weighted by Crippen LogP contribution is -2.37. The molecule has 1 aliphatic heterocycles. The summed E-state index contributed by atoms with van der Waals surface area (Å²) in [5.74, 6) is -0.0979. The standard InChI is InChI=1S/C24H26FN3O3/c1-24(2,3)31-23(29)28-12-5-6-18(11-13-28)21-7-4-8-22(27-21)30-16-19-10-9-17(15-26)14-20(19)25/h4,6-10,14H,5,11-13,16H2,1-3H3. The fourth-order valence-corrected chi connectivity index (χ4v) is 3.17. The van der Waals surface area contributed by atoms with E-state index in [2.05, 4.69) is 11.1 Å². The quantitative estimate of drug-likeness (QED) is 0.685. The Labute approximate surface area is 181 Å². The minimum absolute atomic E-state index is 0.0134. The van der Waals surface area contributed by atoms with Crippen molar-refractivity contribution in [2.45, 2.75) is 45.8 Å². The zero-order chi connectivity index (χ0) is 22.4. The Hall–Kier alpha value is -3.40. The molecule has 2 aromatic rings. The summed E-state index contributed by atoms with van der Waals surface area (Å²) in [6.07, 6.45) is 3.13. The molecule has 162 valence electrons. The number of hydrogen-bond donors (Lipinski definition) is 0. The number of nitrogens with zero attached hydrogens (tertiary/aromatic N) is 3. The summed E-state index contributed by atoms with van der Waals surface area (Å²) in [6.45, 7) is 6.71. The number of nitriles is 1. The Balaban J connectivity index is 1.63. The van der Waals surface area contributed by atoms with Crippen molar-refractivity contribution in [3.8, 4) is 11.9 Å². The van der Waals surface area contributed by atoms with E-state index in [1.165, 1.54) is 12.1 Å². The molecule has 1 aliphatic rings. The minimum atomic E-state index is -0.527. The molecule has 1 amide bonds. The number of benzene rings is 1. The predicted octanol–water partition coefficient (Wildman–Crippen LogP) is 5.09. The molecule has 2 heterocycles. The summed E-state index contributed by atoms with van der Waals surface area (Å²) in [6, 6.07) is 11.6. The molecular formula is C24H26FN3O3. The van der Waals surface area contributed by atoms with Crippen LogP contribution in [0.5, 0.6) is 5.88 Å². The number of rotatable bonds is 4. The third-order valence-corrected chi connectivity index (χ3v) is 4.70. The molecule has 0 saturated heterocycles. The molecule has 0 spiro atoms. The monoisotopic (exact) mass is 423 g/mol. The van der Waals surface area contributed by atoms with Gasteiger partial charge in [0.2, 0.25) is 5.88 Å². The number of halogens is 1. The highest BCUT2D eigenvalue weighted by molar-refractivity contribution is 5.70. The van der Waals surface area contributed by atoms with E-state index in [9.17, 15) is 9.18 Å². The second kappa shape index (κ2) is 9.61. The van der Waals surface area contributed by atoms with Gasteiger partial charge in [-0.2, -0.15) is 5.26 Å². The summed E-state index contributed by atoms with van der Waals surface area (Å²) in [7, 11) is 0. The van der Waals surface area contributed by atoms with Gasteiger partial charge >= 0.3 is 6.09 Å². The molecule has 0 N–H and O–H groups in total. The second-order valence-electron chi connectivity index (χ2n) is 8.30. The molecule has 7 heteroatoms. The highest BCUT2D eigenvalue weighted by Crippen LogP contribution is 2.24. The number of ether oxygens (including phenoxy) is 2. The van der Waals surface area contributed by atoms with Crippen LogP contribution < -0.4 is 4.74 Å². The van der Waals surface area contributed by atoms with Crippen molar-refractivity contribution in [3.05, 3.63) is 65.1 Å². The Morgan fingerprint density at radius 2 is 2.06 bits per heavy atom. The molecule has 1 aromatic carbocycles. The molecule has 1 aromatic heterocycles. The summed E-state index contributed by atoms with van der Waals surface area (Å²) in [4.78, 5) is 18.6. The van der Waals surface area contributed by atoms with Crippen LogP contribution in [0.15, 0.2) is 42.5 Å². The molecule has 0 radical (unpaired) electrons. The summed E-state index contributed by atoms with van der Waals surface area (Å²) in [5, 5.41) is 8.84. The topological polar surface area (TPSA) is 75.4 Å². The lowest BCUT2D eigenvalue weighted by Gasteiger charge is -2.26. The number of aromatic nitrogens is 1. The molecule has 0 saturated carbocycles. The fourth-order valence-electron chi connectivity index (χ4n) is 3.17. The average molecular weight is 423 g/mol. The normalized spacial score (nSPS) is 14.3. The fraction of sp³-hybridized carbons (Fsp3) is 0.375. The highest BCUT2D eigenvalue weighted by atomic mass is 19.1. The Bertz CT molecular complexity index is 1020. The Morgan fingerprint density at radius 1 is 1.26 bits per heavy atom. The van der Waals surface area contributed by atoms with Crippen molar-refractivity contribution in [2.75, 3.05) is 13.1 Å². The van der Waals surface area contributed by atoms with Gasteiger partial charge in [0, 0.05) is 24.7 Å². The Kier molecular flexibility index (Phi) is 6.91. The molecule has 6 nitrogen and oxygen atoms in total. The SMILES string of the molecule is CC(C)(C)OC(=O)N1CCC=C(c2cccc(OCc3ccc(C#N)cc3F)n2)CC1. The third-order valence-electron chi connectivity index (χ3n) is 4.70. The van der Waals surface area contributed by atoms with Crippen molar-refractivity contribution in [2.24, 2.45) is 0 Å². The number of hydrogen-bond acceptors (Lipinski definition) is 5. The van der Waals surface area contributed by atoms with Gasteiger partial charge in [0.1, 0.15) is 18.0 Å². The van der Waals surface area contributed by atoms with E-state index in [1.807, 2.05) is 39.0 Å². The van der Waals surface area contributed by atoms with Crippen molar-refractivity contribution in [1.29, 1.82) is 5.26 Å². The molecule has 0 fully saturated rings. The van der Waals surface area contributed by atoms with Crippen LogP contribution in [0.25, 0.3) is 5.57 Å². The maximum Gasteiger partial charge on any atom is 0.410 e. The lowest BCUT2D eigenvalue weighted by molar-refractivity contribution is 0.0260. The number of pyridine rings is 1. The van der Waals surface area contributed by atoms with Crippen molar-refractivity contribution in [3.63, 3.8) is 0 Å². The summed E-state index contributed by atoms with van der Waals surface area (Å²) < 4.78 is 25.2. The van der Waals surface area contributed by atoms with Gasteiger partial charge in [0.05, 0.1) is 17.3 Å². The van der Waals surface area contributed by atoms with E-state index < -0.39 is 11.4 Å². The first-order valence-corrected chi connectivity index (χ1v) is 10.2. The molecule has 0 bridgehead atoms. The van der Waals surface area contributed by atoms with Crippen LogP contribution in [-0.2, 0) is 11.3 Å². The average Bonchev–Trinajstić information content (AvgIpc) is 2.98. The van der Waals surface area contributed by atoms with Gasteiger partial charge in [-0.15, -0.1) is 0 Å². The number of carbonyl (C=O) groups excluding carboxylic acids is 1. The predicted molar refractivity (Wildman–Crippen MR) is 115 cm³/mol. The smallest absolute Gasteiger partial charge is 0.410 e. The van der Waals surface area contributed by atoms with E-state index in [4.69, 9.17) is 14.7 Å². The summed E-state index contributed by atoms with van der Waals surface area (Å²) in [5.41, 5.74) is 1.89. The first-order chi connectivity index (χ1) is 14.7. The van der Waals surface area contributed by atoms with Crippen LogP contribution >= 0.6 is 0 Å². The van der Waals surface area contributed by atoms with Gasteiger partial charge in [0.15, 0.2) is 0 Å². The van der Waals surface area contributed by atoms with Crippen molar-refractivity contribution in [1.82, 2.24) is 9.88 Å². The van der Waals surface area contributed by atoms with E-state index >= 15 is 0 Å². The van der Waals surface area contributed by atoms with Crippen molar-refractivity contribution < 1.29 is 18.7 Å². The lowest BCUT2D eigenvalue weighted by atomic mass is 10.1. The van der Waals surface area contributed by atoms with E-state index in [0.717, 1.165) is 11.3 Å². The maximum atomic E-state index is 14.1. The van der Waals surface area contributed by atoms with Gasteiger partial charge in [0.25, 0.3) is 0 Å². The largest absolute Gasteiger partial charge is 0.473 e. The zero-order valence-electron chi connectivity index (χ0n) is 18.0. The van der Waals surface area contributed by atoms with Gasteiger partial charge in [-0.1, -0.05) is 18.2 Å². The molecule has 31 heavy (non-hydrogen) atoms. The molecular weight excluding hydrogens is 397 g/mol. The van der Waals surface area contributed by atoms with Gasteiger partial charge < -0.3 is 14.4 Å². The first-order valence-electron chi connectivity index (χ1n) is 10.2. The zero-order valence-corrected chi connectivity index (χ0v) is 18.0. The van der Waals surface area contributed by atoms with Gasteiger partial charge in [-0.05, 0) is 57.4 Å². The maximum absolute atomic E-state index is 14.1. The highest BCUT2D eigenvalue weighted by Gasteiger charge is 2.23. The van der Waals surface area contributed by atoms with Crippen LogP contribution in [0.3, 0.4) is 0 Å². The van der Waals surface area contributed by atoms with Gasteiger partial charge in [-0.3, -0.25) is 0 Å². The van der Waals surface area contributed by atoms with Crippen LogP contribution in [0, 0.1) is 17.1 Å². The molecule has 0 aliphatic carbocycles. The van der Waals surface area contributed by atoms with Crippen LogP contribution in [-0.4, -0.2) is 34.7 Å². The number of amides is 1. The second-order valence-corrected chi connectivity index (χ2v) is 8.30. The molecule has 0 unspecified atom stereocenters. The third kappa shape index (κ3) is 6.29. The summed E-state index contributed by atoms with van der Waals surface area (Å²) >= 11 is 0. The van der Waals surface area contributed by atoms with Gasteiger partial charge in [-0.25, -0.2) is 14.2 Å². The van der Waals surface area contributed by atoms with E-state index in [0.29, 0.717) is 37.4 Å². The van der Waals surface area contributed by atoms with E-state index in [1.54, 1.807) is 17.0 Å². The Morgan fingerprint density at radius 3 is 2.77 bits per heavy atom. The first kappa shape index (κ1) is 22.3. The molecule has 3 rings (SSSR count). The van der Waals surface area contributed by atoms with Crippen LogP contribution in [0.4, 0.5) is 9.18 Å². The molecule has 0 atom stereocenters. The van der Waals surface area contributed by atoms with E-state index in [-0.39, 0.29) is 18.3 Å². The van der Waals surface area contributed by atoms with Crippen LogP contribution in [0.2, 0.25) is 0 Å². The minimum Gasteiger partial charge on any atom is -0.473 e. The number of carbonyl (C=O) groups is 1. The van der Waals surface area contributed by atoms with Crippen molar-refractivity contribution >= 4 is 11.7 Å². The van der Waals surface area contributed by atoms with Crippen LogP contribution in [0.1, 0.15) is 50.4 Å².